The van der Waals surface area contributed by atoms with E-state index in [1.807, 2.05) is 30.3 Å². The first-order valence-electron chi connectivity index (χ1n) is 28.9. The molecule has 0 aliphatic carbocycles. The molecule has 0 atom stereocenters. The fourth-order valence-corrected chi connectivity index (χ4v) is 9.02. The highest BCUT2D eigenvalue weighted by Crippen LogP contribution is 2.19. The van der Waals surface area contributed by atoms with Crippen LogP contribution in [-0.2, 0) is 35.2 Å². The van der Waals surface area contributed by atoms with Crippen LogP contribution in [0.3, 0.4) is 0 Å². The predicted octanol–water partition coefficient (Wildman–Crippen LogP) is 16.3. The maximum atomic E-state index is 12.8. The van der Waals surface area contributed by atoms with Crippen molar-refractivity contribution in [2.24, 2.45) is 0 Å². The summed E-state index contributed by atoms with van der Waals surface area (Å²) in [6.45, 7) is 11.9. The number of carbonyl (C=O) groups is 3. The number of amides is 1. The van der Waals surface area contributed by atoms with E-state index < -0.39 is 0 Å². The Labute approximate surface area is 414 Å². The monoisotopic (exact) mass is 941 g/mol. The zero-order valence-corrected chi connectivity index (χ0v) is 44.4. The van der Waals surface area contributed by atoms with Gasteiger partial charge in [0.25, 0.3) is 0 Å². The van der Waals surface area contributed by atoms with Crippen LogP contribution in [0.5, 0.6) is 0 Å². The van der Waals surface area contributed by atoms with E-state index in [1.165, 1.54) is 173 Å². The number of ether oxygens (including phenoxy) is 3. The highest BCUT2D eigenvalue weighted by atomic mass is 16.5. The van der Waals surface area contributed by atoms with E-state index in [1.54, 1.807) is 0 Å². The number of hydrogen-bond acceptors (Lipinski definition) is 7. The molecule has 1 aromatic rings. The lowest BCUT2D eigenvalue weighted by molar-refractivity contribution is -0.150. The van der Waals surface area contributed by atoms with Crippen molar-refractivity contribution in [1.82, 2.24) is 10.2 Å². The largest absolute Gasteiger partial charge is 0.466 e. The molecule has 0 saturated heterocycles. The molecule has 8 nitrogen and oxygen atoms in total. The minimum Gasteiger partial charge on any atom is -0.466 e. The van der Waals surface area contributed by atoms with E-state index in [-0.39, 0.29) is 30.6 Å². The third kappa shape index (κ3) is 44.5. The summed E-state index contributed by atoms with van der Waals surface area (Å²) in [6, 6.07) is 9.97. The van der Waals surface area contributed by atoms with Gasteiger partial charge in [-0.1, -0.05) is 218 Å². The maximum Gasteiger partial charge on any atom is 0.306 e. The second-order valence-corrected chi connectivity index (χ2v) is 19.9. The van der Waals surface area contributed by atoms with Gasteiger partial charge in [0.05, 0.1) is 13.2 Å². The molecule has 8 heteroatoms. The molecule has 1 rings (SSSR count). The molecular formula is C59H108N2O6. The summed E-state index contributed by atoms with van der Waals surface area (Å²) in [6.07, 6.45) is 45.9. The molecule has 0 bridgehead atoms. The average molecular weight is 942 g/mol. The maximum absolute atomic E-state index is 12.8. The van der Waals surface area contributed by atoms with E-state index >= 15 is 0 Å². The van der Waals surface area contributed by atoms with Gasteiger partial charge in [0.2, 0.25) is 5.91 Å². The zero-order chi connectivity index (χ0) is 48.4. The molecule has 0 fully saturated rings. The lowest BCUT2D eigenvalue weighted by Gasteiger charge is -2.22. The molecule has 390 valence electrons. The second kappa shape index (κ2) is 50.0. The normalized spacial score (nSPS) is 11.5. The molecule has 0 aliphatic rings. The van der Waals surface area contributed by atoms with Crippen LogP contribution in [0.2, 0.25) is 0 Å². The van der Waals surface area contributed by atoms with E-state index in [4.69, 9.17) is 14.2 Å². The minimum absolute atomic E-state index is 0.0252. The molecule has 1 aromatic carbocycles. The van der Waals surface area contributed by atoms with Crippen molar-refractivity contribution in [2.45, 2.75) is 284 Å². The molecule has 0 spiro atoms. The molecule has 1 N–H and O–H groups in total. The third-order valence-corrected chi connectivity index (χ3v) is 13.3. The van der Waals surface area contributed by atoms with Crippen molar-refractivity contribution in [1.29, 1.82) is 0 Å². The van der Waals surface area contributed by atoms with Crippen molar-refractivity contribution in [3.05, 3.63) is 35.9 Å². The van der Waals surface area contributed by atoms with Gasteiger partial charge in [-0.25, -0.2) is 0 Å². The van der Waals surface area contributed by atoms with E-state index in [2.05, 4.69) is 31.0 Å². The summed E-state index contributed by atoms with van der Waals surface area (Å²) < 4.78 is 17.1. The first kappa shape index (κ1) is 62.6. The highest BCUT2D eigenvalue weighted by Gasteiger charge is 2.15. The fourth-order valence-electron chi connectivity index (χ4n) is 9.02. The van der Waals surface area contributed by atoms with Crippen LogP contribution < -0.4 is 5.32 Å². The molecule has 0 unspecified atom stereocenters. The number of nitrogens with one attached hydrogen (secondary N) is 1. The lowest BCUT2D eigenvalue weighted by atomic mass is 10.0. The van der Waals surface area contributed by atoms with Gasteiger partial charge in [-0.3, -0.25) is 14.4 Å². The molecule has 0 heterocycles. The standard InChI is InChI=1S/C59H108N2O6/c1-4-7-10-13-21-29-41-52-66-58(63)46-35-26-22-28-39-50-61(51-40-37-48-60-57(62)54-65-53-55-42-31-30-32-43-55)49-38-27-20-18-16-17-19-25-36-47-59(64)67-56(44-33-23-14-11-8-5-2)45-34-24-15-12-9-6-3/h30-32,42-43,56H,4-29,33-41,44-54H2,1-3H3,(H,60,62). The zero-order valence-electron chi connectivity index (χ0n) is 44.4. The Morgan fingerprint density at radius 1 is 0.478 bits per heavy atom. The van der Waals surface area contributed by atoms with Crippen molar-refractivity contribution in [2.75, 3.05) is 39.4 Å². The Balaban J connectivity index is 2.28. The Hall–Kier alpha value is -2.45. The molecule has 67 heavy (non-hydrogen) atoms. The van der Waals surface area contributed by atoms with Crippen LogP contribution in [-0.4, -0.2) is 68.2 Å². The number of rotatable bonds is 52. The van der Waals surface area contributed by atoms with Gasteiger partial charge in [-0.05, 0) is 95.8 Å². The quantitative estimate of drug-likeness (QED) is 0.0513. The molecule has 0 aliphatic heterocycles. The van der Waals surface area contributed by atoms with E-state index in [9.17, 15) is 14.4 Å². The van der Waals surface area contributed by atoms with Crippen molar-refractivity contribution < 1.29 is 28.6 Å². The second-order valence-electron chi connectivity index (χ2n) is 19.9. The van der Waals surface area contributed by atoms with Gasteiger partial charge < -0.3 is 24.4 Å². The summed E-state index contributed by atoms with van der Waals surface area (Å²) in [5, 5.41) is 3.03. The summed E-state index contributed by atoms with van der Waals surface area (Å²) in [7, 11) is 0. The first-order chi connectivity index (χ1) is 33.0. The molecular weight excluding hydrogens is 833 g/mol. The summed E-state index contributed by atoms with van der Waals surface area (Å²) >= 11 is 0. The van der Waals surface area contributed by atoms with Gasteiger partial charge in [-0.2, -0.15) is 0 Å². The van der Waals surface area contributed by atoms with Crippen molar-refractivity contribution in [3.63, 3.8) is 0 Å². The first-order valence-corrected chi connectivity index (χ1v) is 28.9. The van der Waals surface area contributed by atoms with Gasteiger partial charge in [-0.15, -0.1) is 0 Å². The van der Waals surface area contributed by atoms with Gasteiger partial charge in [0.1, 0.15) is 12.7 Å². The van der Waals surface area contributed by atoms with Crippen LogP contribution in [0.4, 0.5) is 0 Å². The van der Waals surface area contributed by atoms with Gasteiger partial charge in [0.15, 0.2) is 0 Å². The Kier molecular flexibility index (Phi) is 46.6. The average Bonchev–Trinajstić information content (AvgIpc) is 3.33. The van der Waals surface area contributed by atoms with Gasteiger partial charge in [0, 0.05) is 19.4 Å². The van der Waals surface area contributed by atoms with Crippen LogP contribution in [0.1, 0.15) is 277 Å². The Morgan fingerprint density at radius 2 is 0.896 bits per heavy atom. The summed E-state index contributed by atoms with van der Waals surface area (Å²) in [5.74, 6) is -0.0378. The molecule has 0 aromatic heterocycles. The third-order valence-electron chi connectivity index (χ3n) is 13.3. The van der Waals surface area contributed by atoms with Crippen molar-refractivity contribution >= 4 is 17.8 Å². The minimum atomic E-state index is -0.0460. The number of benzene rings is 1. The van der Waals surface area contributed by atoms with E-state index in [0.29, 0.717) is 32.6 Å². The van der Waals surface area contributed by atoms with E-state index in [0.717, 1.165) is 89.4 Å². The number of esters is 2. The SMILES string of the molecule is CCCCCCCCCOC(=O)CCCCCCCN(CCCCCCCCCCCC(=O)OC(CCCCCCCC)CCCCCCCC)CCCCNC(=O)COCc1ccccc1. The number of carbonyl (C=O) groups excluding carboxylic acids is 3. The summed E-state index contributed by atoms with van der Waals surface area (Å²) in [4.78, 5) is 39.9. The molecule has 0 radical (unpaired) electrons. The Morgan fingerprint density at radius 3 is 1.40 bits per heavy atom. The predicted molar refractivity (Wildman–Crippen MR) is 283 cm³/mol. The van der Waals surface area contributed by atoms with Crippen molar-refractivity contribution in [3.8, 4) is 0 Å². The van der Waals surface area contributed by atoms with Crippen LogP contribution in [0, 0.1) is 0 Å². The number of unbranched alkanes of at least 4 members (excludes halogenated alkanes) is 29. The van der Waals surface area contributed by atoms with Crippen LogP contribution >= 0.6 is 0 Å². The van der Waals surface area contributed by atoms with Crippen LogP contribution in [0.25, 0.3) is 0 Å². The molecule has 1 amide bonds. The van der Waals surface area contributed by atoms with Gasteiger partial charge >= 0.3 is 11.9 Å². The number of nitrogens with zero attached hydrogens (tertiary/aromatic N) is 1. The topological polar surface area (TPSA) is 94.2 Å². The molecule has 0 saturated carbocycles. The van der Waals surface area contributed by atoms with Crippen LogP contribution in [0.15, 0.2) is 30.3 Å². The summed E-state index contributed by atoms with van der Waals surface area (Å²) in [5.41, 5.74) is 1.08. The smallest absolute Gasteiger partial charge is 0.306 e. The lowest BCUT2D eigenvalue weighted by Crippen LogP contribution is -2.30. The number of hydrogen-bond donors (Lipinski definition) is 1. The highest BCUT2D eigenvalue weighted by molar-refractivity contribution is 5.77. The fraction of sp³-hybridized carbons (Fsp3) is 0.847. The Bertz CT molecular complexity index is 1200.